The lowest BCUT2D eigenvalue weighted by Crippen LogP contribution is -2.36. The van der Waals surface area contributed by atoms with Crippen LogP contribution in [0.4, 0.5) is 4.39 Å². The Balaban J connectivity index is 2.40. The van der Waals surface area contributed by atoms with Crippen molar-refractivity contribution in [3.8, 4) is 11.5 Å². The van der Waals surface area contributed by atoms with Crippen molar-refractivity contribution in [1.82, 2.24) is 10.1 Å². The predicted molar refractivity (Wildman–Crippen MR) is 70.9 cm³/mol. The first-order valence-electron chi connectivity index (χ1n) is 6.39. The van der Waals surface area contributed by atoms with E-state index in [0.29, 0.717) is 30.1 Å². The van der Waals surface area contributed by atoms with Gasteiger partial charge in [0, 0.05) is 5.56 Å². The Morgan fingerprint density at radius 1 is 1.26 bits per heavy atom. The molecule has 0 aliphatic heterocycles. The molecule has 0 saturated heterocycles. The largest absolute Gasteiger partial charge is 0.334 e. The van der Waals surface area contributed by atoms with Gasteiger partial charge in [-0.3, -0.25) is 0 Å². The van der Waals surface area contributed by atoms with Crippen molar-refractivity contribution >= 4 is 0 Å². The summed E-state index contributed by atoms with van der Waals surface area (Å²) in [6.45, 7) is 5.77. The monoisotopic (exact) mass is 263 g/mol. The van der Waals surface area contributed by atoms with Gasteiger partial charge in [-0.15, -0.1) is 0 Å². The fraction of sp³-hybridized carbons (Fsp3) is 0.429. The average Bonchev–Trinajstić information content (AvgIpc) is 2.87. The highest BCUT2D eigenvalue weighted by molar-refractivity contribution is 5.54. The number of rotatable bonds is 4. The smallest absolute Gasteiger partial charge is 0.258 e. The molecule has 2 N–H and O–H groups in total. The molecule has 0 aliphatic carbocycles. The number of halogens is 1. The Labute approximate surface area is 111 Å². The molecule has 2 rings (SSSR count). The summed E-state index contributed by atoms with van der Waals surface area (Å²) in [7, 11) is 0. The van der Waals surface area contributed by atoms with Crippen LogP contribution in [0.2, 0.25) is 0 Å². The van der Waals surface area contributed by atoms with Crippen LogP contribution in [0.5, 0.6) is 0 Å². The minimum atomic E-state index is -0.593. The minimum absolute atomic E-state index is 0.300. The highest BCUT2D eigenvalue weighted by Crippen LogP contribution is 2.26. The van der Waals surface area contributed by atoms with Crippen molar-refractivity contribution in [1.29, 1.82) is 0 Å². The third-order valence-corrected chi connectivity index (χ3v) is 3.42. The number of hydrogen-bond donors (Lipinski definition) is 1. The van der Waals surface area contributed by atoms with E-state index in [9.17, 15) is 4.39 Å². The standard InChI is InChI=1S/C14H18FN3O/c1-4-14(16,5-2)13-17-12(19-18-13)10-6-9(3)7-11(15)8-10/h6-8H,4-5,16H2,1-3H3. The first-order valence-corrected chi connectivity index (χ1v) is 6.39. The summed E-state index contributed by atoms with van der Waals surface area (Å²) in [6.07, 6.45) is 1.43. The molecule has 0 saturated carbocycles. The van der Waals surface area contributed by atoms with Crippen LogP contribution in [0.25, 0.3) is 11.5 Å². The molecule has 0 fully saturated rings. The Morgan fingerprint density at radius 3 is 2.53 bits per heavy atom. The van der Waals surface area contributed by atoms with Gasteiger partial charge in [-0.2, -0.15) is 4.98 Å². The zero-order valence-electron chi connectivity index (χ0n) is 11.4. The fourth-order valence-electron chi connectivity index (χ4n) is 1.97. The topological polar surface area (TPSA) is 64.9 Å². The second-order valence-electron chi connectivity index (χ2n) is 4.80. The maximum atomic E-state index is 13.4. The minimum Gasteiger partial charge on any atom is -0.334 e. The molecule has 1 heterocycles. The Morgan fingerprint density at radius 2 is 1.95 bits per heavy atom. The van der Waals surface area contributed by atoms with Crippen molar-refractivity contribution in [2.45, 2.75) is 39.2 Å². The molecule has 0 amide bonds. The third kappa shape index (κ3) is 2.66. The summed E-state index contributed by atoms with van der Waals surface area (Å²) in [5, 5.41) is 3.93. The number of aromatic nitrogens is 2. The molecule has 4 nitrogen and oxygen atoms in total. The van der Waals surface area contributed by atoms with Crippen molar-refractivity contribution in [2.75, 3.05) is 0 Å². The summed E-state index contributed by atoms with van der Waals surface area (Å²) in [6, 6.07) is 4.63. The van der Waals surface area contributed by atoms with E-state index in [4.69, 9.17) is 10.3 Å². The molecule has 0 radical (unpaired) electrons. The van der Waals surface area contributed by atoms with E-state index in [0.717, 1.165) is 5.56 Å². The fourth-order valence-corrected chi connectivity index (χ4v) is 1.97. The third-order valence-electron chi connectivity index (χ3n) is 3.42. The molecule has 0 bridgehead atoms. The summed E-state index contributed by atoms with van der Waals surface area (Å²) in [5.74, 6) is 0.448. The molecule has 102 valence electrons. The van der Waals surface area contributed by atoms with Gasteiger partial charge < -0.3 is 10.3 Å². The molecular formula is C14H18FN3O. The van der Waals surface area contributed by atoms with Crippen LogP contribution in [0.15, 0.2) is 22.7 Å². The van der Waals surface area contributed by atoms with E-state index in [1.165, 1.54) is 12.1 Å². The lowest BCUT2D eigenvalue weighted by molar-refractivity contribution is 0.350. The van der Waals surface area contributed by atoms with Crippen molar-refractivity contribution in [2.24, 2.45) is 5.73 Å². The summed E-state index contributed by atoms with van der Waals surface area (Å²) in [5.41, 5.74) is 7.00. The number of aryl methyl sites for hydroxylation is 1. The van der Waals surface area contributed by atoms with Gasteiger partial charge in [0.15, 0.2) is 5.82 Å². The van der Waals surface area contributed by atoms with Gasteiger partial charge in [-0.1, -0.05) is 19.0 Å². The summed E-state index contributed by atoms with van der Waals surface area (Å²) < 4.78 is 18.6. The van der Waals surface area contributed by atoms with Crippen LogP contribution in [-0.2, 0) is 5.54 Å². The van der Waals surface area contributed by atoms with Gasteiger partial charge in [0.1, 0.15) is 5.82 Å². The zero-order valence-corrected chi connectivity index (χ0v) is 11.4. The first-order chi connectivity index (χ1) is 8.98. The number of hydrogen-bond acceptors (Lipinski definition) is 4. The van der Waals surface area contributed by atoms with E-state index in [1.807, 2.05) is 20.8 Å². The number of nitrogens with zero attached hydrogens (tertiary/aromatic N) is 2. The lowest BCUT2D eigenvalue weighted by Gasteiger charge is -2.21. The van der Waals surface area contributed by atoms with Gasteiger partial charge in [0.2, 0.25) is 0 Å². The number of nitrogens with two attached hydrogens (primary N) is 1. The Kier molecular flexibility index (Phi) is 3.66. The van der Waals surface area contributed by atoms with E-state index >= 15 is 0 Å². The average molecular weight is 263 g/mol. The molecular weight excluding hydrogens is 245 g/mol. The van der Waals surface area contributed by atoms with Crippen LogP contribution in [0, 0.1) is 12.7 Å². The van der Waals surface area contributed by atoms with Crippen molar-refractivity contribution < 1.29 is 8.91 Å². The molecule has 5 heteroatoms. The molecule has 0 aliphatic rings. The normalized spacial score (nSPS) is 11.8. The van der Waals surface area contributed by atoms with Crippen LogP contribution >= 0.6 is 0 Å². The molecule has 2 aromatic rings. The van der Waals surface area contributed by atoms with Gasteiger partial charge in [-0.25, -0.2) is 4.39 Å². The van der Waals surface area contributed by atoms with Crippen molar-refractivity contribution in [3.05, 3.63) is 35.4 Å². The van der Waals surface area contributed by atoms with E-state index in [2.05, 4.69) is 10.1 Å². The highest BCUT2D eigenvalue weighted by Gasteiger charge is 2.29. The Hall–Kier alpha value is -1.75. The van der Waals surface area contributed by atoms with Crippen LogP contribution in [0.3, 0.4) is 0 Å². The molecule has 1 aromatic heterocycles. The summed E-state index contributed by atoms with van der Waals surface area (Å²) >= 11 is 0. The van der Waals surface area contributed by atoms with Crippen LogP contribution < -0.4 is 5.73 Å². The zero-order chi connectivity index (χ0) is 14.0. The highest BCUT2D eigenvalue weighted by atomic mass is 19.1. The quantitative estimate of drug-likeness (QED) is 0.920. The van der Waals surface area contributed by atoms with E-state index in [1.54, 1.807) is 6.07 Å². The van der Waals surface area contributed by atoms with E-state index < -0.39 is 5.54 Å². The molecule has 0 unspecified atom stereocenters. The second kappa shape index (κ2) is 5.09. The van der Waals surface area contributed by atoms with Gasteiger partial charge in [0.25, 0.3) is 5.89 Å². The van der Waals surface area contributed by atoms with Crippen molar-refractivity contribution in [3.63, 3.8) is 0 Å². The Bertz CT molecular complexity index is 556. The van der Waals surface area contributed by atoms with Gasteiger partial charge >= 0.3 is 0 Å². The second-order valence-corrected chi connectivity index (χ2v) is 4.80. The lowest BCUT2D eigenvalue weighted by atomic mass is 9.93. The molecule has 0 spiro atoms. The first kappa shape index (κ1) is 13.7. The molecule has 1 aromatic carbocycles. The van der Waals surface area contributed by atoms with Gasteiger partial charge in [-0.05, 0) is 43.5 Å². The van der Waals surface area contributed by atoms with Gasteiger partial charge in [0.05, 0.1) is 5.54 Å². The van der Waals surface area contributed by atoms with Crippen LogP contribution in [0.1, 0.15) is 38.1 Å². The maximum absolute atomic E-state index is 13.4. The summed E-state index contributed by atoms with van der Waals surface area (Å²) in [4.78, 5) is 4.31. The predicted octanol–water partition coefficient (Wildman–Crippen LogP) is 3.16. The molecule has 19 heavy (non-hydrogen) atoms. The maximum Gasteiger partial charge on any atom is 0.258 e. The molecule has 0 atom stereocenters. The van der Waals surface area contributed by atoms with E-state index in [-0.39, 0.29) is 5.82 Å². The van der Waals surface area contributed by atoms with Crippen LogP contribution in [-0.4, -0.2) is 10.1 Å². The SMILES string of the molecule is CCC(N)(CC)c1noc(-c2cc(C)cc(F)c2)n1. The number of benzene rings is 1.